The number of ether oxygens (including phenoxy) is 1. The first-order chi connectivity index (χ1) is 15.0. The third-order valence-corrected chi connectivity index (χ3v) is 7.66. The normalized spacial score (nSPS) is 23.2. The number of aromatic nitrogens is 2. The zero-order chi connectivity index (χ0) is 21.3. The van der Waals surface area contributed by atoms with Gasteiger partial charge in [0, 0.05) is 38.4 Å². The molecule has 0 aliphatic carbocycles. The standard InChI is InChI=1S/C23H24N4O3S/c28-31(29)22-10-2-1-9-21(22)30-23(18-27(31)16-20-8-4-6-13-25-20)11-14-26(17-23)15-19-7-3-5-12-24-19/h1-10,12-13H,11,14-18H2. The number of likely N-dealkylation sites (tertiary alicyclic amines) is 1. The van der Waals surface area contributed by atoms with E-state index in [1.165, 1.54) is 4.31 Å². The first-order valence-corrected chi connectivity index (χ1v) is 11.8. The molecule has 0 saturated carbocycles. The number of pyridine rings is 2. The third-order valence-electron chi connectivity index (χ3n) is 5.83. The van der Waals surface area contributed by atoms with E-state index in [1.807, 2.05) is 42.5 Å². The van der Waals surface area contributed by atoms with Crippen LogP contribution in [0, 0.1) is 0 Å². The summed E-state index contributed by atoms with van der Waals surface area (Å²) in [6.45, 7) is 2.64. The molecular weight excluding hydrogens is 412 g/mol. The van der Waals surface area contributed by atoms with Crippen LogP contribution in [0.1, 0.15) is 17.8 Å². The fourth-order valence-electron chi connectivity index (χ4n) is 4.37. The summed E-state index contributed by atoms with van der Waals surface area (Å²) >= 11 is 0. The Morgan fingerprint density at radius 3 is 2.26 bits per heavy atom. The number of para-hydroxylation sites is 1. The van der Waals surface area contributed by atoms with Gasteiger partial charge in [-0.3, -0.25) is 14.9 Å². The molecule has 3 aromatic rings. The van der Waals surface area contributed by atoms with Crippen molar-refractivity contribution in [2.75, 3.05) is 19.6 Å². The van der Waals surface area contributed by atoms with E-state index in [-0.39, 0.29) is 18.0 Å². The van der Waals surface area contributed by atoms with Gasteiger partial charge in [0.25, 0.3) is 0 Å². The molecule has 4 heterocycles. The van der Waals surface area contributed by atoms with Crippen LogP contribution in [-0.4, -0.2) is 52.8 Å². The van der Waals surface area contributed by atoms with Crippen LogP contribution in [0.15, 0.2) is 78.0 Å². The minimum atomic E-state index is -3.72. The second-order valence-corrected chi connectivity index (χ2v) is 10.0. The fourth-order valence-corrected chi connectivity index (χ4v) is 5.97. The van der Waals surface area contributed by atoms with Gasteiger partial charge in [-0.1, -0.05) is 24.3 Å². The molecule has 1 fully saturated rings. The highest BCUT2D eigenvalue weighted by Gasteiger charge is 2.47. The molecule has 0 N–H and O–H groups in total. The van der Waals surface area contributed by atoms with Crippen molar-refractivity contribution >= 4 is 10.0 Å². The predicted molar refractivity (Wildman–Crippen MR) is 116 cm³/mol. The average Bonchev–Trinajstić information content (AvgIpc) is 3.13. The van der Waals surface area contributed by atoms with Crippen LogP contribution in [0.3, 0.4) is 0 Å². The van der Waals surface area contributed by atoms with Crippen molar-refractivity contribution in [3.8, 4) is 5.75 Å². The van der Waals surface area contributed by atoms with Gasteiger partial charge in [0.1, 0.15) is 16.2 Å². The highest BCUT2D eigenvalue weighted by atomic mass is 32.2. The number of rotatable bonds is 4. The SMILES string of the molecule is O=S1(=O)c2ccccc2OC2(CCN(Cc3ccccn3)C2)CN1Cc1ccccn1. The van der Waals surface area contributed by atoms with Crippen LogP contribution in [-0.2, 0) is 23.1 Å². The average molecular weight is 437 g/mol. The van der Waals surface area contributed by atoms with Gasteiger partial charge in [0.05, 0.1) is 24.5 Å². The van der Waals surface area contributed by atoms with Crippen molar-refractivity contribution in [2.45, 2.75) is 30.0 Å². The lowest BCUT2D eigenvalue weighted by Crippen LogP contribution is -2.49. The molecule has 5 rings (SSSR count). The minimum Gasteiger partial charge on any atom is -0.483 e. The fraction of sp³-hybridized carbons (Fsp3) is 0.304. The molecule has 31 heavy (non-hydrogen) atoms. The number of fused-ring (bicyclic) bond motifs is 1. The van der Waals surface area contributed by atoms with Gasteiger partial charge in [-0.15, -0.1) is 0 Å². The zero-order valence-corrected chi connectivity index (χ0v) is 17.9. The summed E-state index contributed by atoms with van der Waals surface area (Å²) in [7, 11) is -3.72. The Bertz CT molecular complexity index is 1160. The Morgan fingerprint density at radius 1 is 0.871 bits per heavy atom. The summed E-state index contributed by atoms with van der Waals surface area (Å²) in [5, 5.41) is 0. The van der Waals surface area contributed by atoms with Crippen molar-refractivity contribution < 1.29 is 13.2 Å². The van der Waals surface area contributed by atoms with E-state index in [4.69, 9.17) is 4.74 Å². The molecule has 8 heteroatoms. The van der Waals surface area contributed by atoms with Crippen LogP contribution in [0.5, 0.6) is 5.75 Å². The van der Waals surface area contributed by atoms with Gasteiger partial charge >= 0.3 is 0 Å². The molecule has 2 aliphatic heterocycles. The lowest BCUT2D eigenvalue weighted by Gasteiger charge is -2.32. The van der Waals surface area contributed by atoms with E-state index in [2.05, 4.69) is 14.9 Å². The predicted octanol–water partition coefficient (Wildman–Crippen LogP) is 2.70. The van der Waals surface area contributed by atoms with E-state index in [9.17, 15) is 8.42 Å². The van der Waals surface area contributed by atoms with E-state index in [0.717, 1.165) is 18.7 Å². The maximum atomic E-state index is 13.5. The second-order valence-electron chi connectivity index (χ2n) is 8.11. The van der Waals surface area contributed by atoms with Crippen LogP contribution in [0.25, 0.3) is 0 Å². The maximum Gasteiger partial charge on any atom is 0.247 e. The van der Waals surface area contributed by atoms with Crippen LogP contribution in [0.2, 0.25) is 0 Å². The Morgan fingerprint density at radius 2 is 1.55 bits per heavy atom. The van der Waals surface area contributed by atoms with Crippen molar-refractivity contribution in [3.05, 3.63) is 84.4 Å². The quantitative estimate of drug-likeness (QED) is 0.626. The molecule has 1 unspecified atom stereocenters. The number of sulfonamides is 1. The molecule has 2 aromatic heterocycles. The van der Waals surface area contributed by atoms with Crippen molar-refractivity contribution in [2.24, 2.45) is 0 Å². The molecule has 0 amide bonds. The summed E-state index contributed by atoms with van der Waals surface area (Å²) in [6, 6.07) is 18.4. The lowest BCUT2D eigenvalue weighted by molar-refractivity contribution is 0.0567. The highest BCUT2D eigenvalue weighted by molar-refractivity contribution is 7.89. The van der Waals surface area contributed by atoms with E-state index < -0.39 is 15.6 Å². The summed E-state index contributed by atoms with van der Waals surface area (Å²) in [5.74, 6) is 0.422. The Labute approximate surface area is 182 Å². The summed E-state index contributed by atoms with van der Waals surface area (Å²) in [6.07, 6.45) is 4.22. The zero-order valence-electron chi connectivity index (χ0n) is 17.1. The third kappa shape index (κ3) is 4.06. The molecule has 1 saturated heterocycles. The van der Waals surface area contributed by atoms with Gasteiger partial charge in [0.15, 0.2) is 0 Å². The summed E-state index contributed by atoms with van der Waals surface area (Å²) in [5.41, 5.74) is 1.08. The lowest BCUT2D eigenvalue weighted by atomic mass is 10.0. The summed E-state index contributed by atoms with van der Waals surface area (Å²) < 4.78 is 35.1. The Kier molecular flexibility index (Phi) is 5.21. The van der Waals surface area contributed by atoms with Gasteiger partial charge in [-0.25, -0.2) is 8.42 Å². The summed E-state index contributed by atoms with van der Waals surface area (Å²) in [4.78, 5) is 11.3. The maximum absolute atomic E-state index is 13.5. The highest BCUT2D eigenvalue weighted by Crippen LogP contribution is 2.39. The Balaban J connectivity index is 1.47. The van der Waals surface area contributed by atoms with Crippen molar-refractivity contribution in [3.63, 3.8) is 0 Å². The first-order valence-electron chi connectivity index (χ1n) is 10.3. The van der Waals surface area contributed by atoms with E-state index in [1.54, 1.807) is 30.6 Å². The number of hydrogen-bond donors (Lipinski definition) is 0. The molecule has 0 radical (unpaired) electrons. The van der Waals surface area contributed by atoms with Gasteiger partial charge in [-0.2, -0.15) is 4.31 Å². The molecule has 1 spiro atoms. The number of nitrogens with zero attached hydrogens (tertiary/aromatic N) is 4. The van der Waals surface area contributed by atoms with Crippen molar-refractivity contribution in [1.82, 2.24) is 19.2 Å². The Hall–Kier alpha value is -2.81. The number of benzene rings is 1. The van der Waals surface area contributed by atoms with E-state index in [0.29, 0.717) is 24.5 Å². The van der Waals surface area contributed by atoms with E-state index >= 15 is 0 Å². The first kappa shape index (κ1) is 20.1. The minimum absolute atomic E-state index is 0.211. The second kappa shape index (κ2) is 8.03. The molecule has 160 valence electrons. The van der Waals surface area contributed by atoms with Crippen LogP contribution >= 0.6 is 0 Å². The largest absolute Gasteiger partial charge is 0.483 e. The van der Waals surface area contributed by atoms with Crippen LogP contribution < -0.4 is 4.74 Å². The van der Waals surface area contributed by atoms with Crippen molar-refractivity contribution in [1.29, 1.82) is 0 Å². The molecule has 0 bridgehead atoms. The molecule has 1 aromatic carbocycles. The molecule has 1 atom stereocenters. The van der Waals surface area contributed by atoms with Gasteiger partial charge in [-0.05, 0) is 36.4 Å². The smallest absolute Gasteiger partial charge is 0.247 e. The number of hydrogen-bond acceptors (Lipinski definition) is 6. The molecule has 7 nitrogen and oxygen atoms in total. The van der Waals surface area contributed by atoms with Gasteiger partial charge < -0.3 is 4.74 Å². The monoisotopic (exact) mass is 436 g/mol. The molecular formula is C23H24N4O3S. The molecule has 2 aliphatic rings. The van der Waals surface area contributed by atoms with Gasteiger partial charge in [0.2, 0.25) is 10.0 Å². The topological polar surface area (TPSA) is 75.6 Å². The van der Waals surface area contributed by atoms with Crippen LogP contribution in [0.4, 0.5) is 0 Å².